The maximum Gasteiger partial charge on any atom is 0.224 e. The average Bonchev–Trinajstić information content (AvgIpc) is 2.90. The van der Waals surface area contributed by atoms with E-state index >= 15 is 0 Å². The van der Waals surface area contributed by atoms with Crippen LogP contribution in [0.4, 0.5) is 11.4 Å². The number of nitrogen functional groups attached to an aromatic ring is 1. The van der Waals surface area contributed by atoms with Crippen LogP contribution in [0.2, 0.25) is 0 Å². The van der Waals surface area contributed by atoms with Crippen molar-refractivity contribution in [1.29, 1.82) is 0 Å². The van der Waals surface area contributed by atoms with Crippen LogP contribution in [0.15, 0.2) is 41.0 Å². The van der Waals surface area contributed by atoms with Crippen LogP contribution in [0.5, 0.6) is 5.75 Å². The van der Waals surface area contributed by atoms with Crippen LogP contribution in [0.1, 0.15) is 12.2 Å². The number of ether oxygens (including phenoxy) is 1. The number of anilines is 2. The topological polar surface area (TPSA) is 77.5 Å². The van der Waals surface area contributed by atoms with Gasteiger partial charge in [-0.3, -0.25) is 4.79 Å². The third kappa shape index (κ3) is 3.51. The molecule has 1 amide bonds. The van der Waals surface area contributed by atoms with Gasteiger partial charge in [0.25, 0.3) is 0 Å². The molecular formula is C14H16N2O3. The molecule has 0 aliphatic rings. The highest BCUT2D eigenvalue weighted by Gasteiger charge is 2.09. The summed E-state index contributed by atoms with van der Waals surface area (Å²) in [5.74, 6) is 1.26. The maximum absolute atomic E-state index is 11.8. The third-order valence-electron chi connectivity index (χ3n) is 2.68. The lowest BCUT2D eigenvalue weighted by molar-refractivity contribution is -0.116. The van der Waals surface area contributed by atoms with E-state index in [0.29, 0.717) is 30.0 Å². The standard InChI is InChI=1S/C14H16N2O3/c1-18-13-6-4-10(15)9-12(13)16-14(17)7-5-11-3-2-8-19-11/h2-4,6,8-9H,5,7,15H2,1H3,(H,16,17). The zero-order valence-corrected chi connectivity index (χ0v) is 10.7. The molecule has 0 aliphatic carbocycles. The Balaban J connectivity index is 1.96. The van der Waals surface area contributed by atoms with Crippen molar-refractivity contribution in [3.63, 3.8) is 0 Å². The van der Waals surface area contributed by atoms with E-state index in [-0.39, 0.29) is 5.91 Å². The second kappa shape index (κ2) is 5.95. The van der Waals surface area contributed by atoms with E-state index in [1.54, 1.807) is 37.6 Å². The van der Waals surface area contributed by atoms with Gasteiger partial charge in [-0.1, -0.05) is 0 Å². The molecule has 19 heavy (non-hydrogen) atoms. The maximum atomic E-state index is 11.8. The summed E-state index contributed by atoms with van der Waals surface area (Å²) in [7, 11) is 1.55. The predicted octanol–water partition coefficient (Wildman–Crippen LogP) is 2.44. The highest BCUT2D eigenvalue weighted by Crippen LogP contribution is 2.26. The molecule has 0 saturated heterocycles. The molecule has 1 aromatic heterocycles. The number of carbonyl (C=O) groups excluding carboxylic acids is 1. The predicted molar refractivity (Wildman–Crippen MR) is 73.1 cm³/mol. The normalized spacial score (nSPS) is 10.2. The summed E-state index contributed by atoms with van der Waals surface area (Å²) in [6, 6.07) is 8.75. The lowest BCUT2D eigenvalue weighted by Crippen LogP contribution is -2.13. The largest absolute Gasteiger partial charge is 0.495 e. The molecule has 1 aromatic carbocycles. The quantitative estimate of drug-likeness (QED) is 0.809. The molecule has 2 rings (SSSR count). The van der Waals surface area contributed by atoms with Crippen molar-refractivity contribution in [2.45, 2.75) is 12.8 Å². The summed E-state index contributed by atoms with van der Waals surface area (Å²) in [5, 5.41) is 2.78. The van der Waals surface area contributed by atoms with Crippen LogP contribution < -0.4 is 15.8 Å². The van der Waals surface area contributed by atoms with Crippen molar-refractivity contribution < 1.29 is 13.9 Å². The van der Waals surface area contributed by atoms with E-state index in [9.17, 15) is 4.79 Å². The number of benzene rings is 1. The Kier molecular flexibility index (Phi) is 4.07. The minimum atomic E-state index is -0.111. The molecule has 5 heteroatoms. The summed E-state index contributed by atoms with van der Waals surface area (Å²) < 4.78 is 10.3. The molecule has 0 radical (unpaired) electrons. The highest BCUT2D eigenvalue weighted by atomic mass is 16.5. The van der Waals surface area contributed by atoms with E-state index in [2.05, 4.69) is 5.32 Å². The molecule has 0 fully saturated rings. The second-order valence-corrected chi connectivity index (χ2v) is 4.09. The third-order valence-corrected chi connectivity index (χ3v) is 2.68. The zero-order valence-electron chi connectivity index (χ0n) is 10.7. The van der Waals surface area contributed by atoms with Gasteiger partial charge in [-0.25, -0.2) is 0 Å². The summed E-state index contributed by atoms with van der Waals surface area (Å²) in [6.07, 6.45) is 2.49. The summed E-state index contributed by atoms with van der Waals surface area (Å²) in [4.78, 5) is 11.8. The van der Waals surface area contributed by atoms with Crippen molar-refractivity contribution in [1.82, 2.24) is 0 Å². The van der Waals surface area contributed by atoms with Gasteiger partial charge in [-0.15, -0.1) is 0 Å². The number of aryl methyl sites for hydroxylation is 1. The van der Waals surface area contributed by atoms with Gasteiger partial charge in [0.05, 0.1) is 19.1 Å². The van der Waals surface area contributed by atoms with Crippen molar-refractivity contribution in [2.24, 2.45) is 0 Å². The van der Waals surface area contributed by atoms with Crippen molar-refractivity contribution >= 4 is 17.3 Å². The monoisotopic (exact) mass is 260 g/mol. The number of hydrogen-bond acceptors (Lipinski definition) is 4. The number of methoxy groups -OCH3 is 1. The summed E-state index contributed by atoms with van der Waals surface area (Å²) in [5.41, 5.74) is 6.83. The fourth-order valence-electron chi connectivity index (χ4n) is 1.73. The Bertz CT molecular complexity index is 550. The van der Waals surface area contributed by atoms with E-state index in [1.165, 1.54) is 0 Å². The Hall–Kier alpha value is -2.43. The molecule has 5 nitrogen and oxygen atoms in total. The number of hydrogen-bond donors (Lipinski definition) is 2. The molecule has 0 bridgehead atoms. The first kappa shape index (κ1) is 13.0. The number of rotatable bonds is 5. The molecule has 0 atom stereocenters. The van der Waals surface area contributed by atoms with E-state index in [4.69, 9.17) is 14.9 Å². The van der Waals surface area contributed by atoms with Crippen LogP contribution >= 0.6 is 0 Å². The summed E-state index contributed by atoms with van der Waals surface area (Å²) in [6.45, 7) is 0. The van der Waals surface area contributed by atoms with Crippen LogP contribution in [-0.4, -0.2) is 13.0 Å². The first-order chi connectivity index (χ1) is 9.19. The van der Waals surface area contributed by atoms with E-state index in [1.807, 2.05) is 6.07 Å². The fraction of sp³-hybridized carbons (Fsp3) is 0.214. The van der Waals surface area contributed by atoms with E-state index < -0.39 is 0 Å². The Morgan fingerprint density at radius 3 is 2.95 bits per heavy atom. The van der Waals surface area contributed by atoms with Crippen molar-refractivity contribution in [3.8, 4) is 5.75 Å². The van der Waals surface area contributed by atoms with Gasteiger partial charge in [0, 0.05) is 18.5 Å². The fourth-order valence-corrected chi connectivity index (χ4v) is 1.73. The number of nitrogens with two attached hydrogens (primary N) is 1. The average molecular weight is 260 g/mol. The lowest BCUT2D eigenvalue weighted by atomic mass is 10.2. The zero-order chi connectivity index (χ0) is 13.7. The molecule has 0 saturated carbocycles. The Labute approximate surface area is 111 Å². The molecule has 3 N–H and O–H groups in total. The second-order valence-electron chi connectivity index (χ2n) is 4.09. The van der Waals surface area contributed by atoms with Crippen LogP contribution in [0.25, 0.3) is 0 Å². The van der Waals surface area contributed by atoms with Gasteiger partial charge in [0.1, 0.15) is 11.5 Å². The van der Waals surface area contributed by atoms with Crippen LogP contribution in [0.3, 0.4) is 0 Å². The molecular weight excluding hydrogens is 244 g/mol. The molecule has 1 heterocycles. The van der Waals surface area contributed by atoms with E-state index in [0.717, 1.165) is 5.76 Å². The molecule has 100 valence electrons. The smallest absolute Gasteiger partial charge is 0.224 e. The van der Waals surface area contributed by atoms with Crippen LogP contribution in [0, 0.1) is 0 Å². The number of furan rings is 1. The SMILES string of the molecule is COc1ccc(N)cc1NC(=O)CCc1ccco1. The Morgan fingerprint density at radius 1 is 1.42 bits per heavy atom. The Morgan fingerprint density at radius 2 is 2.26 bits per heavy atom. The number of nitrogens with one attached hydrogen (secondary N) is 1. The molecule has 2 aromatic rings. The van der Waals surface area contributed by atoms with Crippen molar-refractivity contribution in [3.05, 3.63) is 42.4 Å². The lowest BCUT2D eigenvalue weighted by Gasteiger charge is -2.10. The summed E-state index contributed by atoms with van der Waals surface area (Å²) >= 11 is 0. The number of carbonyl (C=O) groups is 1. The van der Waals surface area contributed by atoms with Crippen LogP contribution in [-0.2, 0) is 11.2 Å². The van der Waals surface area contributed by atoms with Crippen molar-refractivity contribution in [2.75, 3.05) is 18.2 Å². The minimum Gasteiger partial charge on any atom is -0.495 e. The van der Waals surface area contributed by atoms with Gasteiger partial charge in [0.15, 0.2) is 0 Å². The molecule has 0 aliphatic heterocycles. The molecule has 0 spiro atoms. The van der Waals surface area contributed by atoms with Gasteiger partial charge >= 0.3 is 0 Å². The van der Waals surface area contributed by atoms with Gasteiger partial charge in [-0.05, 0) is 30.3 Å². The number of amides is 1. The first-order valence-corrected chi connectivity index (χ1v) is 5.95. The minimum absolute atomic E-state index is 0.111. The van der Waals surface area contributed by atoms with Gasteiger partial charge in [-0.2, -0.15) is 0 Å². The molecule has 0 unspecified atom stereocenters. The first-order valence-electron chi connectivity index (χ1n) is 5.95. The van der Waals surface area contributed by atoms with Gasteiger partial charge in [0.2, 0.25) is 5.91 Å². The van der Waals surface area contributed by atoms with Gasteiger partial charge < -0.3 is 20.2 Å². The highest BCUT2D eigenvalue weighted by molar-refractivity contribution is 5.93.